The number of fused-ring (bicyclic) bond motifs is 1. The number of nitrogens with one attached hydrogen (secondary N) is 1. The summed E-state index contributed by atoms with van der Waals surface area (Å²) < 4.78 is 0. The number of amides is 3. The van der Waals surface area contributed by atoms with E-state index in [1.807, 2.05) is 18.2 Å². The van der Waals surface area contributed by atoms with Gasteiger partial charge in [-0.25, -0.2) is 4.79 Å². The lowest BCUT2D eigenvalue weighted by Crippen LogP contribution is -2.41. The Morgan fingerprint density at radius 2 is 2.10 bits per heavy atom. The van der Waals surface area contributed by atoms with Crippen molar-refractivity contribution in [2.24, 2.45) is 0 Å². The fourth-order valence-electron chi connectivity index (χ4n) is 3.14. The number of nitrogens with zero attached hydrogens (tertiary/aromatic N) is 2. The Morgan fingerprint density at radius 1 is 1.33 bits per heavy atom. The van der Waals surface area contributed by atoms with Gasteiger partial charge in [-0.05, 0) is 42.9 Å². The fourth-order valence-corrected chi connectivity index (χ4v) is 3.14. The molecule has 21 heavy (non-hydrogen) atoms. The summed E-state index contributed by atoms with van der Waals surface area (Å²) >= 11 is 0. The van der Waals surface area contributed by atoms with Crippen molar-refractivity contribution in [1.82, 2.24) is 10.2 Å². The van der Waals surface area contributed by atoms with E-state index in [1.165, 1.54) is 11.1 Å². The third kappa shape index (κ3) is 2.07. The van der Waals surface area contributed by atoms with Crippen molar-refractivity contribution in [2.75, 3.05) is 6.54 Å². The zero-order valence-electron chi connectivity index (χ0n) is 12.0. The number of benzene rings is 1. The van der Waals surface area contributed by atoms with Gasteiger partial charge in [0.05, 0.1) is 12.5 Å². The normalized spacial score (nSPS) is 23.9. The highest BCUT2D eigenvalue weighted by Gasteiger charge is 2.48. The van der Waals surface area contributed by atoms with Crippen LogP contribution in [0.4, 0.5) is 4.79 Å². The van der Waals surface area contributed by atoms with Crippen LogP contribution in [0.3, 0.4) is 0 Å². The maximum absolute atomic E-state index is 12.6. The maximum Gasteiger partial charge on any atom is 0.325 e. The highest BCUT2D eigenvalue weighted by molar-refractivity contribution is 6.07. The molecule has 1 aliphatic heterocycles. The SMILES string of the molecule is CC1(c2ccc3c(c2)CCC3)NC(=O)N(CCC#N)C1=O. The zero-order chi connectivity index (χ0) is 15.0. The van der Waals surface area contributed by atoms with Crippen LogP contribution in [0.1, 0.15) is 36.5 Å². The van der Waals surface area contributed by atoms with Crippen molar-refractivity contribution < 1.29 is 9.59 Å². The average Bonchev–Trinajstić information content (AvgIpc) is 3.01. The van der Waals surface area contributed by atoms with E-state index in [1.54, 1.807) is 6.92 Å². The molecule has 1 saturated heterocycles. The minimum Gasteiger partial charge on any atom is -0.319 e. The number of aryl methyl sites for hydroxylation is 2. The van der Waals surface area contributed by atoms with Crippen LogP contribution < -0.4 is 5.32 Å². The van der Waals surface area contributed by atoms with Crippen LogP contribution in [0.5, 0.6) is 0 Å². The minimum atomic E-state index is -1.02. The van der Waals surface area contributed by atoms with Gasteiger partial charge in [-0.3, -0.25) is 9.69 Å². The van der Waals surface area contributed by atoms with Crippen LogP contribution in [0.2, 0.25) is 0 Å². The van der Waals surface area contributed by atoms with Crippen LogP contribution in [0.15, 0.2) is 18.2 Å². The van der Waals surface area contributed by atoms with Gasteiger partial charge < -0.3 is 5.32 Å². The quantitative estimate of drug-likeness (QED) is 0.860. The molecule has 3 rings (SSSR count). The smallest absolute Gasteiger partial charge is 0.319 e. The molecule has 1 heterocycles. The minimum absolute atomic E-state index is 0.141. The largest absolute Gasteiger partial charge is 0.325 e. The van der Waals surface area contributed by atoms with E-state index in [4.69, 9.17) is 5.26 Å². The molecule has 0 saturated carbocycles. The standard InChI is InChI=1S/C16H17N3O2/c1-16(13-7-6-11-4-2-5-12(11)10-13)14(20)19(9-3-8-17)15(21)18-16/h6-7,10H,2-5,9H2,1H3,(H,18,21). The summed E-state index contributed by atoms with van der Waals surface area (Å²) in [6.45, 7) is 1.87. The molecule has 1 aromatic carbocycles. The van der Waals surface area contributed by atoms with E-state index in [-0.39, 0.29) is 18.9 Å². The number of urea groups is 1. The van der Waals surface area contributed by atoms with Crippen LogP contribution in [0.25, 0.3) is 0 Å². The predicted molar refractivity (Wildman–Crippen MR) is 76.3 cm³/mol. The molecular weight excluding hydrogens is 266 g/mol. The molecule has 1 fully saturated rings. The second kappa shape index (κ2) is 4.88. The number of hydrogen-bond donors (Lipinski definition) is 1. The molecule has 0 spiro atoms. The molecule has 1 atom stereocenters. The maximum atomic E-state index is 12.6. The lowest BCUT2D eigenvalue weighted by atomic mass is 9.89. The number of carbonyl (C=O) groups is 2. The van der Waals surface area contributed by atoms with Crippen molar-refractivity contribution in [2.45, 2.75) is 38.1 Å². The van der Waals surface area contributed by atoms with E-state index in [9.17, 15) is 9.59 Å². The number of hydrogen-bond acceptors (Lipinski definition) is 3. The Bertz CT molecular complexity index is 662. The molecule has 0 aromatic heterocycles. The summed E-state index contributed by atoms with van der Waals surface area (Å²) in [7, 11) is 0. The third-order valence-electron chi connectivity index (χ3n) is 4.40. The van der Waals surface area contributed by atoms with Crippen molar-refractivity contribution in [3.05, 3.63) is 34.9 Å². The van der Waals surface area contributed by atoms with Gasteiger partial charge in [0, 0.05) is 6.54 Å². The van der Waals surface area contributed by atoms with Gasteiger partial charge in [-0.1, -0.05) is 18.2 Å². The highest BCUT2D eigenvalue weighted by atomic mass is 16.2. The van der Waals surface area contributed by atoms with Crippen molar-refractivity contribution >= 4 is 11.9 Å². The lowest BCUT2D eigenvalue weighted by Gasteiger charge is -2.23. The van der Waals surface area contributed by atoms with Crippen molar-refractivity contribution in [1.29, 1.82) is 5.26 Å². The summed E-state index contributed by atoms with van der Waals surface area (Å²) in [6.07, 6.45) is 3.41. The van der Waals surface area contributed by atoms with E-state index >= 15 is 0 Å². The molecule has 0 bridgehead atoms. The Hall–Kier alpha value is -2.35. The fraction of sp³-hybridized carbons (Fsp3) is 0.438. The number of carbonyl (C=O) groups excluding carboxylic acids is 2. The monoisotopic (exact) mass is 283 g/mol. The first kappa shape index (κ1) is 13.6. The second-order valence-electron chi connectivity index (χ2n) is 5.76. The van der Waals surface area contributed by atoms with Gasteiger partial charge in [0.2, 0.25) is 0 Å². The Balaban J connectivity index is 1.92. The highest BCUT2D eigenvalue weighted by Crippen LogP contribution is 2.32. The van der Waals surface area contributed by atoms with Crippen LogP contribution in [0, 0.1) is 11.3 Å². The Labute approximate surface area is 123 Å². The summed E-state index contributed by atoms with van der Waals surface area (Å²) in [5.41, 5.74) is 2.40. The molecule has 2 aliphatic rings. The summed E-state index contributed by atoms with van der Waals surface area (Å²) in [5, 5.41) is 11.4. The van der Waals surface area contributed by atoms with E-state index in [0.717, 1.165) is 29.7 Å². The van der Waals surface area contributed by atoms with Crippen molar-refractivity contribution in [3.8, 4) is 6.07 Å². The van der Waals surface area contributed by atoms with E-state index < -0.39 is 11.6 Å². The van der Waals surface area contributed by atoms with Crippen LogP contribution in [-0.2, 0) is 23.2 Å². The van der Waals surface area contributed by atoms with Gasteiger partial charge >= 0.3 is 6.03 Å². The number of nitriles is 1. The second-order valence-corrected chi connectivity index (χ2v) is 5.76. The Kier molecular flexibility index (Phi) is 3.17. The molecule has 1 N–H and O–H groups in total. The summed E-state index contributed by atoms with van der Waals surface area (Å²) in [6, 6.07) is 7.56. The van der Waals surface area contributed by atoms with Crippen LogP contribution in [-0.4, -0.2) is 23.4 Å². The topological polar surface area (TPSA) is 73.2 Å². The number of imide groups is 1. The molecule has 5 heteroatoms. The molecule has 108 valence electrons. The average molecular weight is 283 g/mol. The third-order valence-corrected chi connectivity index (χ3v) is 4.40. The zero-order valence-corrected chi connectivity index (χ0v) is 12.0. The first-order valence-electron chi connectivity index (χ1n) is 7.19. The van der Waals surface area contributed by atoms with Crippen LogP contribution >= 0.6 is 0 Å². The number of rotatable bonds is 3. The summed E-state index contributed by atoms with van der Waals surface area (Å²) in [4.78, 5) is 25.7. The molecule has 3 amide bonds. The van der Waals surface area contributed by atoms with Gasteiger partial charge in [0.25, 0.3) is 5.91 Å². The molecular formula is C16H17N3O2. The molecule has 5 nitrogen and oxygen atoms in total. The van der Waals surface area contributed by atoms with E-state index in [2.05, 4.69) is 11.4 Å². The molecule has 0 radical (unpaired) electrons. The molecule has 1 aliphatic carbocycles. The molecule has 1 aromatic rings. The first-order valence-corrected chi connectivity index (χ1v) is 7.19. The van der Waals surface area contributed by atoms with E-state index in [0.29, 0.717) is 0 Å². The van der Waals surface area contributed by atoms with Crippen molar-refractivity contribution in [3.63, 3.8) is 0 Å². The van der Waals surface area contributed by atoms with Gasteiger partial charge in [0.15, 0.2) is 0 Å². The lowest BCUT2D eigenvalue weighted by molar-refractivity contribution is -0.131. The molecule has 1 unspecified atom stereocenters. The Morgan fingerprint density at radius 3 is 2.86 bits per heavy atom. The first-order chi connectivity index (χ1) is 10.1. The van der Waals surface area contributed by atoms with Gasteiger partial charge in [-0.2, -0.15) is 5.26 Å². The predicted octanol–water partition coefficient (Wildman–Crippen LogP) is 1.86. The van der Waals surface area contributed by atoms with Gasteiger partial charge in [-0.15, -0.1) is 0 Å². The summed E-state index contributed by atoms with van der Waals surface area (Å²) in [5.74, 6) is -0.277. The van der Waals surface area contributed by atoms with Gasteiger partial charge in [0.1, 0.15) is 5.54 Å².